The van der Waals surface area contributed by atoms with Crippen molar-refractivity contribution in [3.8, 4) is 5.75 Å². The number of amides is 3. The Morgan fingerprint density at radius 2 is 1.67 bits per heavy atom. The minimum atomic E-state index is -1.26. The molecule has 2 aromatic rings. The van der Waals surface area contributed by atoms with E-state index in [9.17, 15) is 14.4 Å². The molecule has 2 rings (SSSR count). The number of ether oxygens (including phenoxy) is 2. The summed E-state index contributed by atoms with van der Waals surface area (Å²) in [6.45, 7) is 2.58. The van der Waals surface area contributed by atoms with Crippen molar-refractivity contribution in [2.75, 3.05) is 13.7 Å². The molecular formula is C20H22N2O5. The van der Waals surface area contributed by atoms with E-state index in [1.807, 2.05) is 6.92 Å². The Bertz CT molecular complexity index is 775. The van der Waals surface area contributed by atoms with Crippen LogP contribution in [0.5, 0.6) is 5.75 Å². The highest BCUT2D eigenvalue weighted by Gasteiger charge is 2.26. The van der Waals surface area contributed by atoms with Gasteiger partial charge in [0.05, 0.1) is 12.2 Å². The Kier molecular flexibility index (Phi) is 7.37. The third kappa shape index (κ3) is 5.85. The second kappa shape index (κ2) is 9.96. The fourth-order valence-corrected chi connectivity index (χ4v) is 2.22. The second-order valence-corrected chi connectivity index (χ2v) is 5.64. The van der Waals surface area contributed by atoms with Gasteiger partial charge in [0.2, 0.25) is 6.10 Å². The first-order valence-electron chi connectivity index (χ1n) is 8.56. The van der Waals surface area contributed by atoms with Gasteiger partial charge in [-0.1, -0.05) is 37.3 Å². The summed E-state index contributed by atoms with van der Waals surface area (Å²) >= 11 is 0. The molecule has 7 heteroatoms. The van der Waals surface area contributed by atoms with Gasteiger partial charge in [-0.2, -0.15) is 0 Å². The van der Waals surface area contributed by atoms with Crippen LogP contribution in [0.2, 0.25) is 0 Å². The van der Waals surface area contributed by atoms with Gasteiger partial charge in [0.25, 0.3) is 5.91 Å². The van der Waals surface area contributed by atoms with E-state index in [-0.39, 0.29) is 5.56 Å². The Hall–Kier alpha value is -3.35. The molecule has 0 fully saturated rings. The number of esters is 1. The van der Waals surface area contributed by atoms with Crippen molar-refractivity contribution < 1.29 is 23.9 Å². The zero-order chi connectivity index (χ0) is 19.6. The zero-order valence-corrected chi connectivity index (χ0v) is 15.2. The van der Waals surface area contributed by atoms with Crippen LogP contribution in [0.1, 0.15) is 35.4 Å². The molecule has 2 aromatic carbocycles. The van der Waals surface area contributed by atoms with E-state index in [4.69, 9.17) is 9.47 Å². The number of hydrogen-bond donors (Lipinski definition) is 2. The van der Waals surface area contributed by atoms with E-state index < -0.39 is 24.0 Å². The standard InChI is InChI=1S/C20H22N2O5/c1-3-13-26-16-11-9-15(10-12-16)19(24)27-17(14-7-5-4-6-8-14)18(23)22-20(25)21-2/h4-12,17H,3,13H2,1-2H3,(H2,21,22,23,25)/t17-/m0/s1. The summed E-state index contributed by atoms with van der Waals surface area (Å²) in [5.74, 6) is -0.778. The minimum absolute atomic E-state index is 0.271. The molecule has 0 aliphatic rings. The van der Waals surface area contributed by atoms with E-state index in [0.717, 1.165) is 6.42 Å². The van der Waals surface area contributed by atoms with Crippen molar-refractivity contribution in [3.05, 3.63) is 65.7 Å². The van der Waals surface area contributed by atoms with Crippen molar-refractivity contribution in [1.82, 2.24) is 10.6 Å². The van der Waals surface area contributed by atoms with Gasteiger partial charge in [0, 0.05) is 12.6 Å². The molecule has 0 heterocycles. The lowest BCUT2D eigenvalue weighted by Crippen LogP contribution is -2.41. The van der Waals surface area contributed by atoms with Gasteiger partial charge in [-0.3, -0.25) is 10.1 Å². The SMILES string of the molecule is CCCOc1ccc(C(=O)O[C@H](C(=O)NC(=O)NC)c2ccccc2)cc1. The molecule has 0 spiro atoms. The molecule has 0 radical (unpaired) electrons. The molecule has 0 saturated carbocycles. The van der Waals surface area contributed by atoms with Gasteiger partial charge in [-0.05, 0) is 30.7 Å². The van der Waals surface area contributed by atoms with Crippen LogP contribution in [-0.4, -0.2) is 31.6 Å². The van der Waals surface area contributed by atoms with Crippen molar-refractivity contribution in [1.29, 1.82) is 0 Å². The molecule has 0 unspecified atom stereocenters. The lowest BCUT2D eigenvalue weighted by Gasteiger charge is -2.17. The lowest BCUT2D eigenvalue weighted by atomic mass is 10.1. The van der Waals surface area contributed by atoms with Crippen LogP contribution in [0.15, 0.2) is 54.6 Å². The normalized spacial score (nSPS) is 11.2. The Balaban J connectivity index is 2.15. The van der Waals surface area contributed by atoms with Crippen LogP contribution < -0.4 is 15.4 Å². The van der Waals surface area contributed by atoms with Crippen LogP contribution in [0.4, 0.5) is 4.79 Å². The number of benzene rings is 2. The van der Waals surface area contributed by atoms with Crippen molar-refractivity contribution in [2.24, 2.45) is 0 Å². The highest BCUT2D eigenvalue weighted by atomic mass is 16.5. The zero-order valence-electron chi connectivity index (χ0n) is 15.2. The van der Waals surface area contributed by atoms with E-state index >= 15 is 0 Å². The number of hydrogen-bond acceptors (Lipinski definition) is 5. The monoisotopic (exact) mass is 370 g/mol. The van der Waals surface area contributed by atoms with Crippen molar-refractivity contribution in [3.63, 3.8) is 0 Å². The molecule has 0 bridgehead atoms. The van der Waals surface area contributed by atoms with E-state index in [2.05, 4.69) is 10.6 Å². The topological polar surface area (TPSA) is 93.7 Å². The molecule has 0 aromatic heterocycles. The van der Waals surface area contributed by atoms with Gasteiger partial charge >= 0.3 is 12.0 Å². The first-order valence-corrected chi connectivity index (χ1v) is 8.56. The van der Waals surface area contributed by atoms with Crippen LogP contribution in [0.25, 0.3) is 0 Å². The third-order valence-corrected chi connectivity index (χ3v) is 3.59. The Morgan fingerprint density at radius 1 is 1.00 bits per heavy atom. The highest BCUT2D eigenvalue weighted by molar-refractivity contribution is 5.99. The van der Waals surface area contributed by atoms with Crippen LogP contribution >= 0.6 is 0 Å². The van der Waals surface area contributed by atoms with Gasteiger partial charge in [-0.15, -0.1) is 0 Å². The summed E-state index contributed by atoms with van der Waals surface area (Å²) in [4.78, 5) is 36.3. The van der Waals surface area contributed by atoms with Crippen LogP contribution in [0, 0.1) is 0 Å². The highest BCUT2D eigenvalue weighted by Crippen LogP contribution is 2.21. The molecule has 0 saturated heterocycles. The number of urea groups is 1. The molecular weight excluding hydrogens is 348 g/mol. The summed E-state index contributed by atoms with van der Waals surface area (Å²) in [5.41, 5.74) is 0.725. The largest absolute Gasteiger partial charge is 0.494 e. The maximum Gasteiger partial charge on any atom is 0.339 e. The first kappa shape index (κ1) is 20.0. The number of carbonyl (C=O) groups is 3. The predicted octanol–water partition coefficient (Wildman–Crippen LogP) is 2.83. The summed E-state index contributed by atoms with van der Waals surface area (Å²) in [7, 11) is 1.38. The number of nitrogens with one attached hydrogen (secondary N) is 2. The summed E-state index contributed by atoms with van der Waals surface area (Å²) < 4.78 is 10.9. The molecule has 0 aliphatic carbocycles. The lowest BCUT2D eigenvalue weighted by molar-refractivity contribution is -0.129. The first-order chi connectivity index (χ1) is 13.0. The molecule has 1 atom stereocenters. The molecule has 7 nitrogen and oxygen atoms in total. The number of imide groups is 1. The fraction of sp³-hybridized carbons (Fsp3) is 0.250. The van der Waals surface area contributed by atoms with Crippen molar-refractivity contribution in [2.45, 2.75) is 19.4 Å². The number of carbonyl (C=O) groups excluding carboxylic acids is 3. The maximum atomic E-state index is 12.5. The van der Waals surface area contributed by atoms with E-state index in [1.165, 1.54) is 7.05 Å². The summed E-state index contributed by atoms with van der Waals surface area (Å²) in [5, 5.41) is 4.42. The smallest absolute Gasteiger partial charge is 0.339 e. The summed E-state index contributed by atoms with van der Waals surface area (Å²) in [6, 6.07) is 14.2. The molecule has 2 N–H and O–H groups in total. The van der Waals surface area contributed by atoms with Gasteiger partial charge in [-0.25, -0.2) is 9.59 Å². The average molecular weight is 370 g/mol. The second-order valence-electron chi connectivity index (χ2n) is 5.64. The molecule has 27 heavy (non-hydrogen) atoms. The van der Waals surface area contributed by atoms with Crippen LogP contribution in [0.3, 0.4) is 0 Å². The van der Waals surface area contributed by atoms with Crippen molar-refractivity contribution >= 4 is 17.9 Å². The van der Waals surface area contributed by atoms with Gasteiger partial charge < -0.3 is 14.8 Å². The molecule has 3 amide bonds. The molecule has 0 aliphatic heterocycles. The van der Waals surface area contributed by atoms with Gasteiger partial charge in [0.15, 0.2) is 0 Å². The quantitative estimate of drug-likeness (QED) is 0.731. The predicted molar refractivity (Wildman–Crippen MR) is 99.4 cm³/mol. The fourth-order valence-electron chi connectivity index (χ4n) is 2.22. The summed E-state index contributed by atoms with van der Waals surface area (Å²) in [6.07, 6.45) is -0.379. The number of rotatable bonds is 7. The maximum absolute atomic E-state index is 12.5. The van der Waals surface area contributed by atoms with E-state index in [0.29, 0.717) is 17.9 Å². The Labute approximate surface area is 157 Å². The third-order valence-electron chi connectivity index (χ3n) is 3.59. The minimum Gasteiger partial charge on any atom is -0.494 e. The van der Waals surface area contributed by atoms with Gasteiger partial charge in [0.1, 0.15) is 5.75 Å². The van der Waals surface area contributed by atoms with E-state index in [1.54, 1.807) is 54.6 Å². The average Bonchev–Trinajstić information content (AvgIpc) is 2.71. The van der Waals surface area contributed by atoms with Crippen LogP contribution in [-0.2, 0) is 9.53 Å². The molecule has 142 valence electrons. The Morgan fingerprint density at radius 3 is 2.26 bits per heavy atom.